The lowest BCUT2D eigenvalue weighted by Crippen LogP contribution is -2.55. The minimum absolute atomic E-state index is 0.0153. The van der Waals surface area contributed by atoms with Crippen molar-refractivity contribution in [2.75, 3.05) is 25.1 Å². The highest BCUT2D eigenvalue weighted by Gasteiger charge is 2.74. The van der Waals surface area contributed by atoms with Crippen LogP contribution in [0.5, 0.6) is 5.75 Å². The summed E-state index contributed by atoms with van der Waals surface area (Å²) in [5.41, 5.74) is 0.974. The number of aromatic nitrogens is 3. The Bertz CT molecular complexity index is 1440. The Morgan fingerprint density at radius 1 is 1.15 bits per heavy atom. The van der Waals surface area contributed by atoms with Gasteiger partial charge in [-0.25, -0.2) is 4.68 Å². The Morgan fingerprint density at radius 3 is 2.73 bits per heavy atom. The number of carbonyl (C=O) groups excluding carboxylic acids is 3. The van der Waals surface area contributed by atoms with E-state index in [1.807, 2.05) is 31.2 Å². The summed E-state index contributed by atoms with van der Waals surface area (Å²) < 4.78 is 13.5. The molecule has 6 rings (SSSR count). The molecule has 3 amide bonds. The maximum atomic E-state index is 14.0. The van der Waals surface area contributed by atoms with E-state index in [0.29, 0.717) is 49.2 Å². The second kappa shape index (κ2) is 11.1. The van der Waals surface area contributed by atoms with Crippen LogP contribution < -0.4 is 15.4 Å². The number of benzene rings is 2. The maximum absolute atomic E-state index is 14.0. The number of hydrogen-bond donors (Lipinski definition) is 3. The Balaban J connectivity index is 1.24. The molecule has 2 aromatic carbocycles. The third-order valence-electron chi connectivity index (χ3n) is 8.41. The van der Waals surface area contributed by atoms with Crippen LogP contribution in [0.25, 0.3) is 11.0 Å². The lowest BCUT2D eigenvalue weighted by molar-refractivity contribution is -0.141. The van der Waals surface area contributed by atoms with E-state index in [-0.39, 0.29) is 37.5 Å². The molecule has 216 valence electrons. The zero-order valence-electron chi connectivity index (χ0n) is 22.9. The normalized spacial score (nSPS) is 26.4. The number of unbranched alkanes of at least 4 members (excludes halogenated alkanes) is 1. The predicted octanol–water partition coefficient (Wildman–Crippen LogP) is 1.69. The molecule has 2 bridgehead atoms. The zero-order valence-corrected chi connectivity index (χ0v) is 22.9. The number of anilines is 1. The number of likely N-dealkylation sites (tertiary alicyclic amines) is 1. The molecule has 2 unspecified atom stereocenters. The van der Waals surface area contributed by atoms with Crippen LogP contribution >= 0.6 is 0 Å². The van der Waals surface area contributed by atoms with E-state index in [9.17, 15) is 19.5 Å². The molecule has 1 spiro atoms. The SMILES string of the molecule is CCOc1ccc(NC(=O)[C@@H]2[C@@H]3CCC4(O3)C(C(=O)NCn3nnc5ccccc53)N(CCCCO)C(=O)[C@H]24)cc1. The summed E-state index contributed by atoms with van der Waals surface area (Å²) in [6.07, 6.45) is 1.64. The van der Waals surface area contributed by atoms with Gasteiger partial charge in [-0.1, -0.05) is 17.3 Å². The van der Waals surface area contributed by atoms with Crippen LogP contribution in [0.4, 0.5) is 5.69 Å². The molecule has 3 aliphatic rings. The van der Waals surface area contributed by atoms with Gasteiger partial charge in [-0.2, -0.15) is 0 Å². The van der Waals surface area contributed by atoms with E-state index in [1.165, 1.54) is 0 Å². The standard InChI is InChI=1S/C29H34N6O6/c1-2-40-19-11-9-18(10-12-19)31-26(37)23-22-13-14-29(41-22)24(23)28(39)34(15-5-6-16-36)25(29)27(38)30-17-35-21-8-4-3-7-20(21)32-33-35/h3-4,7-12,22-25,36H,2,5-6,13-17H2,1H3,(H,30,38)(H,31,37)/t22-,23+,24-,25?,29?/m0/s1. The average molecular weight is 563 g/mol. The van der Waals surface area contributed by atoms with Gasteiger partial charge >= 0.3 is 0 Å². The topological polar surface area (TPSA) is 148 Å². The van der Waals surface area contributed by atoms with Crippen molar-refractivity contribution in [3.05, 3.63) is 48.5 Å². The van der Waals surface area contributed by atoms with Gasteiger partial charge < -0.3 is 30.1 Å². The van der Waals surface area contributed by atoms with Crippen LogP contribution in [0.2, 0.25) is 0 Å². The fourth-order valence-corrected chi connectivity index (χ4v) is 6.70. The summed E-state index contributed by atoms with van der Waals surface area (Å²) in [5, 5.41) is 23.5. The van der Waals surface area contributed by atoms with Crippen LogP contribution in [0.15, 0.2) is 48.5 Å². The molecule has 0 radical (unpaired) electrons. The van der Waals surface area contributed by atoms with Gasteiger partial charge in [0.2, 0.25) is 17.7 Å². The third-order valence-corrected chi connectivity index (χ3v) is 8.41. The number of fused-ring (bicyclic) bond motifs is 2. The van der Waals surface area contributed by atoms with Crippen molar-refractivity contribution < 1.29 is 29.0 Å². The molecule has 41 heavy (non-hydrogen) atoms. The van der Waals surface area contributed by atoms with Gasteiger partial charge in [0.1, 0.15) is 29.6 Å². The number of amides is 3. The van der Waals surface area contributed by atoms with Crippen LogP contribution in [-0.2, 0) is 25.8 Å². The molecular formula is C29H34N6O6. The zero-order chi connectivity index (χ0) is 28.6. The smallest absolute Gasteiger partial charge is 0.247 e. The lowest BCUT2D eigenvalue weighted by atomic mass is 9.70. The Morgan fingerprint density at radius 2 is 1.95 bits per heavy atom. The molecule has 12 nitrogen and oxygen atoms in total. The maximum Gasteiger partial charge on any atom is 0.247 e. The predicted molar refractivity (Wildman–Crippen MR) is 148 cm³/mol. The number of para-hydroxylation sites is 1. The Labute approximate surface area is 237 Å². The third kappa shape index (κ3) is 4.70. The number of hydrogen-bond acceptors (Lipinski definition) is 8. The first-order chi connectivity index (χ1) is 20.0. The van der Waals surface area contributed by atoms with E-state index in [4.69, 9.17) is 9.47 Å². The van der Waals surface area contributed by atoms with Gasteiger partial charge in [0, 0.05) is 18.8 Å². The van der Waals surface area contributed by atoms with Crippen LogP contribution in [-0.4, -0.2) is 80.2 Å². The number of aliphatic hydroxyl groups is 1. The van der Waals surface area contributed by atoms with Crippen molar-refractivity contribution in [2.45, 2.75) is 57.0 Å². The van der Waals surface area contributed by atoms with Gasteiger partial charge in [0.25, 0.3) is 0 Å². The minimum Gasteiger partial charge on any atom is -0.494 e. The number of nitrogens with one attached hydrogen (secondary N) is 2. The molecule has 12 heteroatoms. The number of rotatable bonds is 11. The molecule has 0 aliphatic carbocycles. The molecule has 3 saturated heterocycles. The largest absolute Gasteiger partial charge is 0.494 e. The quantitative estimate of drug-likeness (QED) is 0.299. The lowest BCUT2D eigenvalue weighted by Gasteiger charge is -2.33. The van der Waals surface area contributed by atoms with Crippen LogP contribution in [0, 0.1) is 11.8 Å². The van der Waals surface area contributed by atoms with E-state index >= 15 is 0 Å². The van der Waals surface area contributed by atoms with Crippen LogP contribution in [0.1, 0.15) is 32.6 Å². The van der Waals surface area contributed by atoms with Gasteiger partial charge in [-0.15, -0.1) is 5.10 Å². The first-order valence-corrected chi connectivity index (χ1v) is 14.2. The molecule has 1 aromatic heterocycles. The number of carbonyl (C=O) groups is 3. The highest BCUT2D eigenvalue weighted by atomic mass is 16.5. The number of ether oxygens (including phenoxy) is 2. The van der Waals surface area contributed by atoms with Crippen molar-refractivity contribution in [3.8, 4) is 5.75 Å². The Kier molecular flexibility index (Phi) is 7.35. The molecule has 5 atom stereocenters. The van der Waals surface area contributed by atoms with Crippen molar-refractivity contribution in [1.29, 1.82) is 0 Å². The van der Waals surface area contributed by atoms with Crippen molar-refractivity contribution in [3.63, 3.8) is 0 Å². The molecule has 3 aromatic rings. The van der Waals surface area contributed by atoms with E-state index in [2.05, 4.69) is 20.9 Å². The summed E-state index contributed by atoms with van der Waals surface area (Å²) in [6, 6.07) is 13.6. The summed E-state index contributed by atoms with van der Waals surface area (Å²) >= 11 is 0. The second-order valence-corrected chi connectivity index (χ2v) is 10.7. The fourth-order valence-electron chi connectivity index (χ4n) is 6.70. The van der Waals surface area contributed by atoms with Crippen LogP contribution in [0.3, 0.4) is 0 Å². The van der Waals surface area contributed by atoms with Gasteiger partial charge in [0.15, 0.2) is 0 Å². The number of aliphatic hydroxyl groups excluding tert-OH is 1. The van der Waals surface area contributed by atoms with Crippen molar-refractivity contribution in [2.24, 2.45) is 11.8 Å². The fraction of sp³-hybridized carbons (Fsp3) is 0.483. The molecule has 0 saturated carbocycles. The average Bonchev–Trinajstić information content (AvgIpc) is 3.73. The molecule has 3 aliphatic heterocycles. The highest BCUT2D eigenvalue weighted by Crippen LogP contribution is 2.58. The summed E-state index contributed by atoms with van der Waals surface area (Å²) in [6.45, 7) is 2.77. The monoisotopic (exact) mass is 562 g/mol. The van der Waals surface area contributed by atoms with Crippen molar-refractivity contribution >= 4 is 34.4 Å². The molecule has 4 heterocycles. The molecule has 3 fully saturated rings. The first kappa shape index (κ1) is 27.2. The van der Waals surface area contributed by atoms with E-state index < -0.39 is 29.6 Å². The Hall–Kier alpha value is -4.03. The van der Waals surface area contributed by atoms with Crippen molar-refractivity contribution in [1.82, 2.24) is 25.2 Å². The second-order valence-electron chi connectivity index (χ2n) is 10.7. The minimum atomic E-state index is -1.10. The molecule has 3 N–H and O–H groups in total. The van der Waals surface area contributed by atoms with E-state index in [0.717, 1.165) is 5.52 Å². The highest BCUT2D eigenvalue weighted by molar-refractivity contribution is 6.02. The summed E-state index contributed by atoms with van der Waals surface area (Å²) in [7, 11) is 0. The molecular weight excluding hydrogens is 528 g/mol. The van der Waals surface area contributed by atoms with Gasteiger partial charge in [-0.05, 0) is 69.0 Å². The van der Waals surface area contributed by atoms with E-state index in [1.54, 1.807) is 33.8 Å². The van der Waals surface area contributed by atoms with Gasteiger partial charge in [-0.3, -0.25) is 14.4 Å². The van der Waals surface area contributed by atoms with Gasteiger partial charge in [0.05, 0.1) is 30.1 Å². The number of nitrogens with zero attached hydrogens (tertiary/aromatic N) is 4. The summed E-state index contributed by atoms with van der Waals surface area (Å²) in [5.74, 6) is -1.73. The summed E-state index contributed by atoms with van der Waals surface area (Å²) in [4.78, 5) is 42.9. The first-order valence-electron chi connectivity index (χ1n) is 14.2.